The maximum atomic E-state index is 13.4. The molecule has 0 aliphatic carbocycles. The van der Waals surface area contributed by atoms with E-state index in [1.165, 1.54) is 0 Å². The average molecular weight is 427 g/mol. The van der Waals surface area contributed by atoms with Crippen LogP contribution in [0.3, 0.4) is 0 Å². The molecule has 1 fully saturated rings. The van der Waals surface area contributed by atoms with Gasteiger partial charge >= 0.3 is 17.9 Å². The predicted molar refractivity (Wildman–Crippen MR) is 106 cm³/mol. The molecule has 1 saturated heterocycles. The molecule has 9 nitrogen and oxygen atoms in total. The lowest BCUT2D eigenvalue weighted by atomic mass is 9.68. The Morgan fingerprint density at radius 3 is 1.60 bits per heavy atom. The minimum Gasteiger partial charge on any atom is -0.467 e. The largest absolute Gasteiger partial charge is 0.467 e. The second-order valence-electron chi connectivity index (χ2n) is 9.73. The van der Waals surface area contributed by atoms with Crippen LogP contribution >= 0.6 is 0 Å². The van der Waals surface area contributed by atoms with Gasteiger partial charge < -0.3 is 19.1 Å². The Labute approximate surface area is 177 Å². The Balaban J connectivity index is 3.80. The van der Waals surface area contributed by atoms with Gasteiger partial charge in [0.2, 0.25) is 5.91 Å². The molecule has 2 atom stereocenters. The molecule has 170 valence electrons. The number of rotatable bonds is 6. The van der Waals surface area contributed by atoms with Gasteiger partial charge in [0.1, 0.15) is 28.9 Å². The third-order valence-corrected chi connectivity index (χ3v) is 4.46. The van der Waals surface area contributed by atoms with Crippen molar-refractivity contribution in [1.82, 2.24) is 4.90 Å². The number of hydrogen-bond acceptors (Lipinski definition) is 8. The van der Waals surface area contributed by atoms with E-state index in [1.54, 1.807) is 55.4 Å². The molecule has 0 saturated carbocycles. The standard InChI is InChI=1S/C21H33NO8/c1-11(2)14(16(25)28-10)22-15(24)13(12(3)23)21(22,17(26)29-19(4,5)6)18(27)30-20(7,8)9/h11,13-14H,1-10H3/t13-,14-/m1/s1. The summed E-state index contributed by atoms with van der Waals surface area (Å²) in [6, 6.07) is -1.29. The van der Waals surface area contributed by atoms with Gasteiger partial charge in [-0.15, -0.1) is 0 Å². The van der Waals surface area contributed by atoms with Crippen LogP contribution in [0.15, 0.2) is 0 Å². The highest BCUT2D eigenvalue weighted by atomic mass is 16.6. The molecule has 0 radical (unpaired) electrons. The molecule has 0 spiro atoms. The van der Waals surface area contributed by atoms with Crippen molar-refractivity contribution in [3.8, 4) is 0 Å². The molecule has 9 heteroatoms. The van der Waals surface area contributed by atoms with E-state index in [2.05, 4.69) is 0 Å². The van der Waals surface area contributed by atoms with E-state index in [4.69, 9.17) is 14.2 Å². The van der Waals surface area contributed by atoms with Gasteiger partial charge in [-0.25, -0.2) is 14.4 Å². The molecule has 1 rings (SSSR count). The number of ether oxygens (including phenoxy) is 3. The number of Topliss-reactive ketones (excluding diaryl/α,β-unsaturated/α-hetero) is 1. The lowest BCUT2D eigenvalue weighted by Crippen LogP contribution is -2.83. The van der Waals surface area contributed by atoms with Gasteiger partial charge in [-0.05, 0) is 54.4 Å². The predicted octanol–water partition coefficient (Wildman–Crippen LogP) is 1.65. The van der Waals surface area contributed by atoms with Gasteiger partial charge in [-0.1, -0.05) is 13.8 Å². The van der Waals surface area contributed by atoms with Crippen molar-refractivity contribution in [3.05, 3.63) is 0 Å². The lowest BCUT2D eigenvalue weighted by Gasteiger charge is -2.55. The second kappa shape index (κ2) is 8.35. The Morgan fingerprint density at radius 2 is 1.33 bits per heavy atom. The minimum atomic E-state index is -2.42. The zero-order valence-corrected chi connectivity index (χ0v) is 19.4. The topological polar surface area (TPSA) is 116 Å². The monoisotopic (exact) mass is 427 g/mol. The summed E-state index contributed by atoms with van der Waals surface area (Å²) in [5.74, 6) is -6.80. The van der Waals surface area contributed by atoms with E-state index in [0.29, 0.717) is 0 Å². The number of likely N-dealkylation sites (tertiary alicyclic amines) is 1. The van der Waals surface area contributed by atoms with Gasteiger partial charge in [0.05, 0.1) is 7.11 Å². The molecule has 0 aromatic carbocycles. The maximum absolute atomic E-state index is 13.4. The third kappa shape index (κ3) is 4.65. The van der Waals surface area contributed by atoms with Crippen molar-refractivity contribution in [2.24, 2.45) is 11.8 Å². The van der Waals surface area contributed by atoms with Gasteiger partial charge in [0, 0.05) is 0 Å². The summed E-state index contributed by atoms with van der Waals surface area (Å²) in [5, 5.41) is 0. The highest BCUT2D eigenvalue weighted by Crippen LogP contribution is 2.45. The Morgan fingerprint density at radius 1 is 0.933 bits per heavy atom. The Kier molecular flexibility index (Phi) is 7.12. The number of esters is 3. The summed E-state index contributed by atoms with van der Waals surface area (Å²) in [6.07, 6.45) is 0. The Hall–Kier alpha value is -2.45. The third-order valence-electron chi connectivity index (χ3n) is 4.46. The van der Waals surface area contributed by atoms with Crippen LogP contribution in [0.25, 0.3) is 0 Å². The van der Waals surface area contributed by atoms with Crippen molar-refractivity contribution >= 4 is 29.6 Å². The molecule has 1 aliphatic heterocycles. The smallest absolute Gasteiger partial charge is 0.345 e. The molecule has 0 aromatic heterocycles. The first-order valence-electron chi connectivity index (χ1n) is 9.80. The van der Waals surface area contributed by atoms with Crippen molar-refractivity contribution in [3.63, 3.8) is 0 Å². The fourth-order valence-electron chi connectivity index (χ4n) is 3.41. The van der Waals surface area contributed by atoms with Crippen molar-refractivity contribution in [2.45, 2.75) is 85.1 Å². The van der Waals surface area contributed by atoms with Gasteiger partial charge in [-0.3, -0.25) is 9.59 Å². The molecule has 0 unspecified atom stereocenters. The SMILES string of the molecule is COC(=O)[C@@H](C(C)C)N1C(=O)[C@@H](C(C)=O)C1(C(=O)OC(C)(C)C)C(=O)OC(C)(C)C. The molecule has 0 N–H and O–H groups in total. The van der Waals surface area contributed by atoms with Crippen molar-refractivity contribution < 1.29 is 38.2 Å². The molecule has 1 heterocycles. The van der Waals surface area contributed by atoms with Crippen LogP contribution in [0, 0.1) is 11.8 Å². The zero-order valence-electron chi connectivity index (χ0n) is 19.4. The summed E-state index contributed by atoms with van der Waals surface area (Å²) in [5.41, 5.74) is -4.49. The number of hydrogen-bond donors (Lipinski definition) is 0. The van der Waals surface area contributed by atoms with E-state index in [-0.39, 0.29) is 0 Å². The van der Waals surface area contributed by atoms with Crippen molar-refractivity contribution in [2.75, 3.05) is 7.11 Å². The van der Waals surface area contributed by atoms with Crippen molar-refractivity contribution in [1.29, 1.82) is 0 Å². The van der Waals surface area contributed by atoms with Crippen LogP contribution < -0.4 is 0 Å². The average Bonchev–Trinajstić information content (AvgIpc) is 2.51. The summed E-state index contributed by atoms with van der Waals surface area (Å²) in [4.78, 5) is 65.5. The van der Waals surface area contributed by atoms with Crippen LogP contribution in [0.1, 0.15) is 62.3 Å². The second-order valence-corrected chi connectivity index (χ2v) is 9.73. The minimum absolute atomic E-state index is 0.529. The number of ketones is 1. The summed E-state index contributed by atoms with van der Waals surface area (Å²) in [7, 11) is 1.13. The van der Waals surface area contributed by atoms with Crippen LogP contribution in [0.2, 0.25) is 0 Å². The number of nitrogens with zero attached hydrogens (tertiary/aromatic N) is 1. The molecule has 0 bridgehead atoms. The van der Waals surface area contributed by atoms with Gasteiger partial charge in [0.15, 0.2) is 0 Å². The number of methoxy groups -OCH3 is 1. The summed E-state index contributed by atoms with van der Waals surface area (Å²) >= 11 is 0. The molecule has 0 aromatic rings. The van der Waals surface area contributed by atoms with E-state index in [1.807, 2.05) is 0 Å². The normalized spacial score (nSPS) is 19.6. The van der Waals surface area contributed by atoms with Crippen LogP contribution in [-0.2, 0) is 38.2 Å². The quantitative estimate of drug-likeness (QED) is 0.272. The first kappa shape index (κ1) is 25.6. The molecular formula is C21H33NO8. The number of amides is 1. The molecule has 1 aliphatic rings. The van der Waals surface area contributed by atoms with Crippen LogP contribution in [0.5, 0.6) is 0 Å². The molecular weight excluding hydrogens is 394 g/mol. The fourth-order valence-corrected chi connectivity index (χ4v) is 3.41. The summed E-state index contributed by atoms with van der Waals surface area (Å²) in [6.45, 7) is 13.9. The maximum Gasteiger partial charge on any atom is 0.345 e. The van der Waals surface area contributed by atoms with E-state index in [0.717, 1.165) is 18.9 Å². The fraction of sp³-hybridized carbons (Fsp3) is 0.762. The van der Waals surface area contributed by atoms with E-state index < -0.39 is 64.2 Å². The highest BCUT2D eigenvalue weighted by molar-refractivity contribution is 6.25. The van der Waals surface area contributed by atoms with Crippen LogP contribution in [-0.4, -0.2) is 64.4 Å². The first-order chi connectivity index (χ1) is 13.4. The van der Waals surface area contributed by atoms with Crippen LogP contribution in [0.4, 0.5) is 0 Å². The zero-order chi connectivity index (χ0) is 23.8. The van der Waals surface area contributed by atoms with Gasteiger partial charge in [0.25, 0.3) is 5.54 Å². The summed E-state index contributed by atoms with van der Waals surface area (Å²) < 4.78 is 15.7. The Bertz CT molecular complexity index is 713. The van der Waals surface area contributed by atoms with E-state index in [9.17, 15) is 24.0 Å². The molecule has 30 heavy (non-hydrogen) atoms. The number of carbonyl (C=O) groups is 5. The van der Waals surface area contributed by atoms with E-state index >= 15 is 0 Å². The lowest BCUT2D eigenvalue weighted by molar-refractivity contribution is -0.219. The molecule has 1 amide bonds. The van der Waals surface area contributed by atoms with Gasteiger partial charge in [-0.2, -0.15) is 0 Å². The highest BCUT2D eigenvalue weighted by Gasteiger charge is 2.76. The first-order valence-corrected chi connectivity index (χ1v) is 9.80. The number of β-lactam (4-membered cyclic amide) rings is 1. The number of carbonyl (C=O) groups excluding carboxylic acids is 5.